The highest BCUT2D eigenvalue weighted by Crippen LogP contribution is 2.38. The van der Waals surface area contributed by atoms with Gasteiger partial charge in [0.2, 0.25) is 0 Å². The molecule has 1 fully saturated rings. The maximum absolute atomic E-state index is 12.1. The lowest BCUT2D eigenvalue weighted by Crippen LogP contribution is -2.60. The summed E-state index contributed by atoms with van der Waals surface area (Å²) in [7, 11) is 1.41. The van der Waals surface area contributed by atoms with Gasteiger partial charge in [-0.1, -0.05) is 25.7 Å². The number of rotatable bonds is 10. The summed E-state index contributed by atoms with van der Waals surface area (Å²) in [5, 5.41) is 11.7. The highest BCUT2D eigenvalue weighted by atomic mass is 16.5. The zero-order chi connectivity index (χ0) is 19.8. The average Bonchev–Trinajstić information content (AvgIpc) is 2.54. The van der Waals surface area contributed by atoms with Crippen LogP contribution in [0.3, 0.4) is 0 Å². The predicted molar refractivity (Wildman–Crippen MR) is 99.8 cm³/mol. The number of hydroxylamine groups is 2. The smallest absolute Gasteiger partial charge is 0.306 e. The van der Waals surface area contributed by atoms with Crippen LogP contribution in [0.4, 0.5) is 0 Å². The van der Waals surface area contributed by atoms with Crippen LogP contribution in [0.5, 0.6) is 0 Å². The molecule has 0 aromatic rings. The largest absolute Gasteiger partial charge is 0.469 e. The first-order valence-electron chi connectivity index (χ1n) is 9.84. The highest BCUT2D eigenvalue weighted by molar-refractivity contribution is 5.69. The second-order valence-electron chi connectivity index (χ2n) is 8.65. The van der Waals surface area contributed by atoms with Crippen LogP contribution in [-0.4, -0.2) is 46.5 Å². The fourth-order valence-corrected chi connectivity index (χ4v) is 3.85. The first kappa shape index (κ1) is 22.9. The van der Waals surface area contributed by atoms with Gasteiger partial charge in [0.05, 0.1) is 7.11 Å². The zero-order valence-electron chi connectivity index (χ0n) is 17.2. The number of piperidine rings is 1. The Balaban J connectivity index is 2.16. The lowest BCUT2D eigenvalue weighted by molar-refractivity contribution is -0.259. The van der Waals surface area contributed by atoms with Crippen LogP contribution in [-0.2, 0) is 19.1 Å². The maximum atomic E-state index is 12.1. The molecular formula is C20H37NO5. The molecule has 1 saturated heterocycles. The van der Waals surface area contributed by atoms with Crippen LogP contribution in [0.1, 0.15) is 91.9 Å². The fraction of sp³-hybridized carbons (Fsp3) is 0.900. The molecule has 0 amide bonds. The molecule has 1 aliphatic rings. The molecule has 1 N–H and O–H groups in total. The first-order valence-corrected chi connectivity index (χ1v) is 9.84. The second kappa shape index (κ2) is 10.3. The Morgan fingerprint density at radius 2 is 1.31 bits per heavy atom. The molecule has 152 valence electrons. The molecule has 0 bridgehead atoms. The third kappa shape index (κ3) is 7.62. The minimum absolute atomic E-state index is 0.140. The van der Waals surface area contributed by atoms with Crippen LogP contribution in [0.25, 0.3) is 0 Å². The number of carbonyl (C=O) groups excluding carboxylic acids is 2. The summed E-state index contributed by atoms with van der Waals surface area (Å²) >= 11 is 0. The van der Waals surface area contributed by atoms with Crippen LogP contribution in [0.15, 0.2) is 0 Å². The third-order valence-electron chi connectivity index (χ3n) is 5.14. The van der Waals surface area contributed by atoms with Gasteiger partial charge in [-0.05, 0) is 40.5 Å². The molecule has 6 heteroatoms. The Hall–Kier alpha value is -1.14. The van der Waals surface area contributed by atoms with Crippen LogP contribution < -0.4 is 0 Å². The van der Waals surface area contributed by atoms with Gasteiger partial charge in [-0.15, -0.1) is 0 Å². The van der Waals surface area contributed by atoms with Crippen molar-refractivity contribution in [3.05, 3.63) is 0 Å². The number of methoxy groups -OCH3 is 1. The van der Waals surface area contributed by atoms with E-state index in [1.54, 1.807) is 0 Å². The summed E-state index contributed by atoms with van der Waals surface area (Å²) in [6.07, 6.45) is 7.92. The van der Waals surface area contributed by atoms with Gasteiger partial charge < -0.3 is 14.7 Å². The molecule has 1 rings (SSSR count). The molecule has 0 aromatic heterocycles. The molecule has 26 heavy (non-hydrogen) atoms. The summed E-state index contributed by atoms with van der Waals surface area (Å²) < 4.78 is 10.3. The van der Waals surface area contributed by atoms with Crippen molar-refractivity contribution in [2.45, 2.75) is 109 Å². The van der Waals surface area contributed by atoms with Crippen LogP contribution in [0, 0.1) is 0 Å². The van der Waals surface area contributed by atoms with E-state index in [1.807, 2.05) is 27.7 Å². The van der Waals surface area contributed by atoms with E-state index in [-0.39, 0.29) is 18.0 Å². The highest BCUT2D eigenvalue weighted by Gasteiger charge is 2.46. The van der Waals surface area contributed by atoms with Gasteiger partial charge in [-0.25, -0.2) is 0 Å². The number of ether oxygens (including phenoxy) is 2. The normalized spacial score (nSPS) is 19.9. The van der Waals surface area contributed by atoms with E-state index >= 15 is 0 Å². The van der Waals surface area contributed by atoms with Crippen molar-refractivity contribution in [3.63, 3.8) is 0 Å². The molecule has 1 aliphatic heterocycles. The Morgan fingerprint density at radius 1 is 0.885 bits per heavy atom. The fourth-order valence-electron chi connectivity index (χ4n) is 3.85. The lowest BCUT2D eigenvalue weighted by Gasteiger charge is -2.50. The standard InChI is InChI=1S/C20H37NO5/c1-19(2)14-16(15-20(3,4)21(19)24)26-18(23)13-11-9-7-6-8-10-12-17(22)25-5/h16,24H,6-15H2,1-5H3. The topological polar surface area (TPSA) is 76.1 Å². The van der Waals surface area contributed by atoms with E-state index in [0.717, 1.165) is 38.5 Å². The van der Waals surface area contributed by atoms with Crippen molar-refractivity contribution in [2.75, 3.05) is 7.11 Å². The molecule has 0 radical (unpaired) electrons. The quantitative estimate of drug-likeness (QED) is 0.457. The number of unbranched alkanes of at least 4 members (excludes halogenated alkanes) is 5. The summed E-state index contributed by atoms with van der Waals surface area (Å²) in [6.45, 7) is 7.87. The Kier molecular flexibility index (Phi) is 9.04. The summed E-state index contributed by atoms with van der Waals surface area (Å²) in [5.74, 6) is -0.287. The summed E-state index contributed by atoms with van der Waals surface area (Å²) in [5.41, 5.74) is -0.812. The Labute approximate surface area is 158 Å². The van der Waals surface area contributed by atoms with Crippen LogP contribution >= 0.6 is 0 Å². The molecule has 0 aromatic carbocycles. The second-order valence-corrected chi connectivity index (χ2v) is 8.65. The van der Waals surface area contributed by atoms with E-state index in [2.05, 4.69) is 4.74 Å². The Morgan fingerprint density at radius 3 is 1.77 bits per heavy atom. The average molecular weight is 372 g/mol. The number of hydrogen-bond acceptors (Lipinski definition) is 6. The van der Waals surface area contributed by atoms with Crippen molar-refractivity contribution < 1.29 is 24.3 Å². The van der Waals surface area contributed by atoms with E-state index in [0.29, 0.717) is 25.7 Å². The third-order valence-corrected chi connectivity index (χ3v) is 5.14. The van der Waals surface area contributed by atoms with E-state index in [4.69, 9.17) is 4.74 Å². The predicted octanol–water partition coefficient (Wildman–Crippen LogP) is 4.23. The summed E-state index contributed by atoms with van der Waals surface area (Å²) in [6, 6.07) is 0. The van der Waals surface area contributed by atoms with Gasteiger partial charge in [0, 0.05) is 36.8 Å². The monoisotopic (exact) mass is 371 g/mol. The van der Waals surface area contributed by atoms with E-state index < -0.39 is 11.1 Å². The first-order chi connectivity index (χ1) is 12.1. The SMILES string of the molecule is COC(=O)CCCCCCCCC(=O)OC1CC(C)(C)N(O)C(C)(C)C1. The number of carbonyl (C=O) groups is 2. The molecule has 0 saturated carbocycles. The van der Waals surface area contributed by atoms with Crippen LogP contribution in [0.2, 0.25) is 0 Å². The molecule has 1 heterocycles. The molecule has 0 unspecified atom stereocenters. The number of hydrogen-bond donors (Lipinski definition) is 1. The summed E-state index contributed by atoms with van der Waals surface area (Å²) in [4.78, 5) is 23.1. The zero-order valence-corrected chi connectivity index (χ0v) is 17.2. The minimum Gasteiger partial charge on any atom is -0.469 e. The molecule has 0 atom stereocenters. The van der Waals surface area contributed by atoms with Gasteiger partial charge in [0.15, 0.2) is 0 Å². The van der Waals surface area contributed by atoms with Gasteiger partial charge in [-0.3, -0.25) is 9.59 Å². The maximum Gasteiger partial charge on any atom is 0.306 e. The molecule has 0 spiro atoms. The van der Waals surface area contributed by atoms with Crippen molar-refractivity contribution in [2.24, 2.45) is 0 Å². The van der Waals surface area contributed by atoms with E-state index in [9.17, 15) is 14.8 Å². The minimum atomic E-state index is -0.406. The number of esters is 2. The number of nitrogens with zero attached hydrogens (tertiary/aromatic N) is 1. The van der Waals surface area contributed by atoms with E-state index in [1.165, 1.54) is 12.2 Å². The molecule has 0 aliphatic carbocycles. The van der Waals surface area contributed by atoms with Gasteiger partial charge in [0.1, 0.15) is 6.10 Å². The van der Waals surface area contributed by atoms with Gasteiger partial charge in [-0.2, -0.15) is 5.06 Å². The van der Waals surface area contributed by atoms with Crippen molar-refractivity contribution in [3.8, 4) is 0 Å². The van der Waals surface area contributed by atoms with Gasteiger partial charge in [0.25, 0.3) is 0 Å². The molecule has 6 nitrogen and oxygen atoms in total. The Bertz CT molecular complexity index is 443. The van der Waals surface area contributed by atoms with Crippen molar-refractivity contribution in [1.29, 1.82) is 0 Å². The molecular weight excluding hydrogens is 334 g/mol. The van der Waals surface area contributed by atoms with Crippen molar-refractivity contribution >= 4 is 11.9 Å². The van der Waals surface area contributed by atoms with Crippen molar-refractivity contribution in [1.82, 2.24) is 5.06 Å². The van der Waals surface area contributed by atoms with Gasteiger partial charge >= 0.3 is 11.9 Å². The lowest BCUT2D eigenvalue weighted by atomic mass is 9.80.